The fourth-order valence-corrected chi connectivity index (χ4v) is 3.28. The van der Waals surface area contributed by atoms with E-state index in [4.69, 9.17) is 0 Å². The number of likely N-dealkylation sites (tertiary alicyclic amines) is 1. The fourth-order valence-electron chi connectivity index (χ4n) is 3.28. The molecule has 2 aliphatic heterocycles. The van der Waals surface area contributed by atoms with E-state index in [0.29, 0.717) is 12.1 Å². The highest BCUT2D eigenvalue weighted by Crippen LogP contribution is 2.26. The SMILES string of the molecule is CC(C(=O)N(C)C)N1CCCC1C1CCCN1. The van der Waals surface area contributed by atoms with Crippen molar-refractivity contribution in [2.24, 2.45) is 0 Å². The van der Waals surface area contributed by atoms with Gasteiger partial charge in [0.2, 0.25) is 5.91 Å². The van der Waals surface area contributed by atoms with Gasteiger partial charge in [0, 0.05) is 26.2 Å². The third-order valence-corrected chi connectivity index (χ3v) is 4.20. The monoisotopic (exact) mass is 239 g/mol. The van der Waals surface area contributed by atoms with Crippen molar-refractivity contribution >= 4 is 5.91 Å². The average molecular weight is 239 g/mol. The van der Waals surface area contributed by atoms with Crippen LogP contribution in [0, 0.1) is 0 Å². The molecule has 0 aromatic carbocycles. The van der Waals surface area contributed by atoms with Crippen LogP contribution in [0.1, 0.15) is 32.6 Å². The first kappa shape index (κ1) is 12.8. The van der Waals surface area contributed by atoms with E-state index in [1.807, 2.05) is 14.1 Å². The molecule has 4 nitrogen and oxygen atoms in total. The number of hydrogen-bond acceptors (Lipinski definition) is 3. The van der Waals surface area contributed by atoms with Crippen molar-refractivity contribution in [3.63, 3.8) is 0 Å². The first-order valence-corrected chi connectivity index (χ1v) is 6.81. The van der Waals surface area contributed by atoms with Crippen LogP contribution in [-0.2, 0) is 4.79 Å². The molecule has 4 heteroatoms. The maximum absolute atomic E-state index is 12.1. The van der Waals surface area contributed by atoms with Crippen LogP contribution in [0.4, 0.5) is 0 Å². The Morgan fingerprint density at radius 2 is 2.12 bits per heavy atom. The second-order valence-corrected chi connectivity index (χ2v) is 5.56. The zero-order chi connectivity index (χ0) is 12.4. The van der Waals surface area contributed by atoms with Crippen LogP contribution in [-0.4, -0.2) is 61.0 Å². The van der Waals surface area contributed by atoms with Gasteiger partial charge < -0.3 is 10.2 Å². The smallest absolute Gasteiger partial charge is 0.239 e. The summed E-state index contributed by atoms with van der Waals surface area (Å²) < 4.78 is 0. The van der Waals surface area contributed by atoms with Crippen molar-refractivity contribution in [2.75, 3.05) is 27.2 Å². The quantitative estimate of drug-likeness (QED) is 0.786. The molecule has 2 heterocycles. The van der Waals surface area contributed by atoms with Crippen molar-refractivity contribution in [2.45, 2.75) is 50.7 Å². The maximum Gasteiger partial charge on any atom is 0.239 e. The summed E-state index contributed by atoms with van der Waals surface area (Å²) in [7, 11) is 3.69. The second-order valence-electron chi connectivity index (χ2n) is 5.56. The van der Waals surface area contributed by atoms with E-state index in [2.05, 4.69) is 17.1 Å². The molecule has 0 radical (unpaired) electrons. The third kappa shape index (κ3) is 2.63. The summed E-state index contributed by atoms with van der Waals surface area (Å²) in [6, 6.07) is 1.20. The first-order valence-electron chi connectivity index (χ1n) is 6.81. The average Bonchev–Trinajstić information content (AvgIpc) is 2.96. The Hall–Kier alpha value is -0.610. The number of hydrogen-bond donors (Lipinski definition) is 1. The number of amides is 1. The normalized spacial score (nSPS) is 31.7. The van der Waals surface area contributed by atoms with Gasteiger partial charge in [-0.15, -0.1) is 0 Å². The number of likely N-dealkylation sites (N-methyl/N-ethyl adjacent to an activating group) is 1. The molecule has 1 N–H and O–H groups in total. The lowest BCUT2D eigenvalue weighted by atomic mass is 10.0. The van der Waals surface area contributed by atoms with Crippen LogP contribution in [0.3, 0.4) is 0 Å². The molecular formula is C13H25N3O. The second kappa shape index (κ2) is 5.36. The van der Waals surface area contributed by atoms with Crippen molar-refractivity contribution in [1.82, 2.24) is 15.1 Å². The number of rotatable bonds is 3. The van der Waals surface area contributed by atoms with Crippen molar-refractivity contribution in [3.8, 4) is 0 Å². The van der Waals surface area contributed by atoms with Gasteiger partial charge in [0.25, 0.3) is 0 Å². The van der Waals surface area contributed by atoms with Gasteiger partial charge in [-0.25, -0.2) is 0 Å². The molecule has 0 saturated carbocycles. The van der Waals surface area contributed by atoms with Crippen LogP contribution < -0.4 is 5.32 Å². The largest absolute Gasteiger partial charge is 0.347 e. The van der Waals surface area contributed by atoms with Gasteiger partial charge in [-0.3, -0.25) is 9.69 Å². The zero-order valence-corrected chi connectivity index (χ0v) is 11.3. The fraction of sp³-hybridized carbons (Fsp3) is 0.923. The highest BCUT2D eigenvalue weighted by atomic mass is 16.2. The van der Waals surface area contributed by atoms with Crippen LogP contribution in [0.25, 0.3) is 0 Å². The van der Waals surface area contributed by atoms with E-state index in [1.165, 1.54) is 25.7 Å². The number of nitrogens with zero attached hydrogens (tertiary/aromatic N) is 2. The molecule has 2 aliphatic rings. The molecule has 98 valence electrons. The molecular weight excluding hydrogens is 214 g/mol. The summed E-state index contributed by atoms with van der Waals surface area (Å²) in [6.07, 6.45) is 5.02. The summed E-state index contributed by atoms with van der Waals surface area (Å²) in [5.41, 5.74) is 0. The highest BCUT2D eigenvalue weighted by Gasteiger charge is 2.37. The molecule has 3 unspecified atom stereocenters. The van der Waals surface area contributed by atoms with Crippen molar-refractivity contribution in [1.29, 1.82) is 0 Å². The van der Waals surface area contributed by atoms with Crippen LogP contribution in [0.2, 0.25) is 0 Å². The number of carbonyl (C=O) groups is 1. The van der Waals surface area contributed by atoms with E-state index in [9.17, 15) is 4.79 Å². The molecule has 1 amide bonds. The predicted octanol–water partition coefficient (Wildman–Crippen LogP) is 0.679. The summed E-state index contributed by atoms with van der Waals surface area (Å²) in [4.78, 5) is 16.2. The first-order chi connectivity index (χ1) is 8.11. The minimum atomic E-state index is 0.0277. The maximum atomic E-state index is 12.1. The van der Waals surface area contributed by atoms with Crippen LogP contribution in [0.15, 0.2) is 0 Å². The summed E-state index contributed by atoms with van der Waals surface area (Å²) in [6.45, 7) is 4.27. The molecule has 0 spiro atoms. The molecule has 0 bridgehead atoms. The lowest BCUT2D eigenvalue weighted by Crippen LogP contribution is -2.52. The summed E-state index contributed by atoms with van der Waals surface area (Å²) >= 11 is 0. The Kier molecular flexibility index (Phi) is 4.05. The zero-order valence-electron chi connectivity index (χ0n) is 11.3. The van der Waals surface area contributed by atoms with Crippen molar-refractivity contribution in [3.05, 3.63) is 0 Å². The molecule has 0 aromatic heterocycles. The van der Waals surface area contributed by atoms with E-state index in [-0.39, 0.29) is 11.9 Å². The van der Waals surface area contributed by atoms with Crippen LogP contribution in [0.5, 0.6) is 0 Å². The Morgan fingerprint density at radius 3 is 2.71 bits per heavy atom. The standard InChI is InChI=1S/C13H25N3O/c1-10(13(17)15(2)3)16-9-5-7-12(16)11-6-4-8-14-11/h10-12,14H,4-9H2,1-3H3. The lowest BCUT2D eigenvalue weighted by molar-refractivity contribution is -0.134. The molecule has 0 aliphatic carbocycles. The molecule has 3 atom stereocenters. The lowest BCUT2D eigenvalue weighted by Gasteiger charge is -2.34. The Balaban J connectivity index is 2.00. The third-order valence-electron chi connectivity index (χ3n) is 4.20. The van der Waals surface area contributed by atoms with E-state index < -0.39 is 0 Å². The predicted molar refractivity (Wildman–Crippen MR) is 68.9 cm³/mol. The van der Waals surface area contributed by atoms with E-state index >= 15 is 0 Å². The van der Waals surface area contributed by atoms with Gasteiger partial charge >= 0.3 is 0 Å². The molecule has 0 aromatic rings. The minimum absolute atomic E-state index is 0.0277. The van der Waals surface area contributed by atoms with Gasteiger partial charge in [-0.05, 0) is 45.7 Å². The Bertz CT molecular complexity index is 274. The van der Waals surface area contributed by atoms with E-state index in [1.54, 1.807) is 4.90 Å². The van der Waals surface area contributed by atoms with Gasteiger partial charge in [0.1, 0.15) is 0 Å². The van der Waals surface area contributed by atoms with E-state index in [0.717, 1.165) is 13.1 Å². The summed E-state index contributed by atoms with van der Waals surface area (Å²) in [5, 5.41) is 3.58. The summed E-state index contributed by atoms with van der Waals surface area (Å²) in [5.74, 6) is 0.231. The topological polar surface area (TPSA) is 35.6 Å². The van der Waals surface area contributed by atoms with Gasteiger partial charge in [-0.1, -0.05) is 0 Å². The highest BCUT2D eigenvalue weighted by molar-refractivity contribution is 5.81. The Morgan fingerprint density at radius 1 is 1.35 bits per heavy atom. The van der Waals surface area contributed by atoms with Gasteiger partial charge in [0.05, 0.1) is 6.04 Å². The number of carbonyl (C=O) groups excluding carboxylic acids is 1. The molecule has 2 saturated heterocycles. The van der Waals surface area contributed by atoms with Gasteiger partial charge in [-0.2, -0.15) is 0 Å². The molecule has 2 fully saturated rings. The van der Waals surface area contributed by atoms with Crippen molar-refractivity contribution < 1.29 is 4.79 Å². The van der Waals surface area contributed by atoms with Crippen LogP contribution >= 0.6 is 0 Å². The number of nitrogens with one attached hydrogen (secondary N) is 1. The minimum Gasteiger partial charge on any atom is -0.347 e. The Labute approximate surface area is 104 Å². The molecule has 2 rings (SSSR count). The molecule has 17 heavy (non-hydrogen) atoms. The van der Waals surface area contributed by atoms with Gasteiger partial charge in [0.15, 0.2) is 0 Å².